The molecule has 3 nitrogen and oxygen atoms in total. The zero-order chi connectivity index (χ0) is 15.4. The van der Waals surface area contributed by atoms with Crippen molar-refractivity contribution < 1.29 is 18.0 Å². The van der Waals surface area contributed by atoms with Crippen molar-refractivity contribution in [3.8, 4) is 0 Å². The largest absolute Gasteiger partial charge is 0.324 e. The van der Waals surface area contributed by atoms with Crippen LogP contribution in [0.25, 0.3) is 0 Å². The van der Waals surface area contributed by atoms with Gasteiger partial charge in [0.05, 0.1) is 0 Å². The molecule has 3 N–H and O–H groups in total. The Morgan fingerprint density at radius 1 is 1.10 bits per heavy atom. The van der Waals surface area contributed by atoms with Gasteiger partial charge in [-0.15, -0.1) is 0 Å². The van der Waals surface area contributed by atoms with E-state index in [-0.39, 0.29) is 6.42 Å². The predicted octanol–water partition coefficient (Wildman–Crippen LogP) is 3.13. The van der Waals surface area contributed by atoms with E-state index in [2.05, 4.69) is 5.32 Å². The van der Waals surface area contributed by atoms with Crippen molar-refractivity contribution >= 4 is 11.6 Å². The number of hydrogen-bond acceptors (Lipinski definition) is 2. The van der Waals surface area contributed by atoms with Crippen LogP contribution < -0.4 is 11.1 Å². The van der Waals surface area contributed by atoms with Crippen molar-refractivity contribution in [2.45, 2.75) is 12.5 Å². The normalized spacial score (nSPS) is 12.0. The standard InChI is InChI=1S/C15H13F3N2O/c16-10-6-11(17)15(12(18)7-10)20-14(21)8-13(19)9-4-2-1-3-5-9/h1-7,13H,8,19H2,(H,20,21). The molecular weight excluding hydrogens is 281 g/mol. The minimum atomic E-state index is -1.17. The third kappa shape index (κ3) is 3.82. The van der Waals surface area contributed by atoms with Crippen LogP contribution in [0.5, 0.6) is 0 Å². The summed E-state index contributed by atoms with van der Waals surface area (Å²) in [6.07, 6.45) is -0.153. The summed E-state index contributed by atoms with van der Waals surface area (Å²) in [5.74, 6) is -4.05. The van der Waals surface area contributed by atoms with E-state index in [4.69, 9.17) is 5.73 Å². The molecule has 110 valence electrons. The SMILES string of the molecule is NC(CC(=O)Nc1c(F)cc(F)cc1F)c1ccccc1. The molecule has 2 aromatic rings. The molecule has 1 amide bonds. The lowest BCUT2D eigenvalue weighted by molar-refractivity contribution is -0.116. The summed E-state index contributed by atoms with van der Waals surface area (Å²) in [6, 6.07) is 9.23. The third-order valence-electron chi connectivity index (χ3n) is 2.90. The molecule has 0 saturated carbocycles. The molecule has 0 aliphatic carbocycles. The van der Waals surface area contributed by atoms with Crippen LogP contribution in [0.15, 0.2) is 42.5 Å². The van der Waals surface area contributed by atoms with Gasteiger partial charge in [0.1, 0.15) is 11.5 Å². The Kier molecular flexibility index (Phi) is 4.59. The molecule has 2 rings (SSSR count). The molecule has 0 heterocycles. The lowest BCUT2D eigenvalue weighted by Crippen LogP contribution is -2.21. The zero-order valence-corrected chi connectivity index (χ0v) is 10.9. The lowest BCUT2D eigenvalue weighted by atomic mass is 10.0. The number of rotatable bonds is 4. The summed E-state index contributed by atoms with van der Waals surface area (Å²) in [5, 5.41) is 2.07. The van der Waals surface area contributed by atoms with E-state index in [0.29, 0.717) is 12.1 Å². The zero-order valence-electron chi connectivity index (χ0n) is 10.9. The first-order chi connectivity index (χ1) is 9.97. The number of hydrogen-bond donors (Lipinski definition) is 2. The van der Waals surface area contributed by atoms with Gasteiger partial charge in [-0.2, -0.15) is 0 Å². The molecule has 0 saturated heterocycles. The topological polar surface area (TPSA) is 55.1 Å². The summed E-state index contributed by atoms with van der Waals surface area (Å²) < 4.78 is 39.6. The molecule has 1 atom stereocenters. The number of amides is 1. The van der Waals surface area contributed by atoms with Crippen LogP contribution >= 0.6 is 0 Å². The summed E-state index contributed by atoms with van der Waals surface area (Å²) >= 11 is 0. The minimum Gasteiger partial charge on any atom is -0.324 e. The Labute approximate surface area is 119 Å². The number of carbonyl (C=O) groups is 1. The van der Waals surface area contributed by atoms with Crippen LogP contribution in [0.3, 0.4) is 0 Å². The number of anilines is 1. The Balaban J connectivity index is 2.06. The van der Waals surface area contributed by atoms with Gasteiger partial charge >= 0.3 is 0 Å². The monoisotopic (exact) mass is 294 g/mol. The first kappa shape index (κ1) is 15.1. The van der Waals surface area contributed by atoms with E-state index in [1.165, 1.54) is 0 Å². The fraction of sp³-hybridized carbons (Fsp3) is 0.133. The lowest BCUT2D eigenvalue weighted by Gasteiger charge is -2.13. The molecular formula is C15H13F3N2O. The van der Waals surface area contributed by atoms with E-state index in [9.17, 15) is 18.0 Å². The van der Waals surface area contributed by atoms with E-state index >= 15 is 0 Å². The minimum absolute atomic E-state index is 0.153. The van der Waals surface area contributed by atoms with E-state index in [0.717, 1.165) is 5.56 Å². The maximum atomic E-state index is 13.4. The maximum Gasteiger partial charge on any atom is 0.226 e. The van der Waals surface area contributed by atoms with Gasteiger partial charge in [0, 0.05) is 24.6 Å². The molecule has 0 aromatic heterocycles. The van der Waals surface area contributed by atoms with Crippen LogP contribution in [0.1, 0.15) is 18.0 Å². The second kappa shape index (κ2) is 6.41. The van der Waals surface area contributed by atoms with Crippen molar-refractivity contribution in [3.05, 3.63) is 65.5 Å². The highest BCUT2D eigenvalue weighted by atomic mass is 19.1. The number of nitrogens with two attached hydrogens (primary N) is 1. The second-order valence-electron chi connectivity index (χ2n) is 4.51. The molecule has 0 bridgehead atoms. The Morgan fingerprint density at radius 2 is 1.67 bits per heavy atom. The van der Waals surface area contributed by atoms with Gasteiger partial charge in [0.2, 0.25) is 5.91 Å². The van der Waals surface area contributed by atoms with E-state index < -0.39 is 35.1 Å². The predicted molar refractivity (Wildman–Crippen MR) is 72.9 cm³/mol. The van der Waals surface area contributed by atoms with Crippen LogP contribution in [-0.2, 0) is 4.79 Å². The number of carbonyl (C=O) groups excluding carboxylic acids is 1. The molecule has 6 heteroatoms. The van der Waals surface area contributed by atoms with Gasteiger partial charge in [-0.1, -0.05) is 30.3 Å². The van der Waals surface area contributed by atoms with Crippen LogP contribution in [0, 0.1) is 17.5 Å². The van der Waals surface area contributed by atoms with Crippen molar-refractivity contribution in [3.63, 3.8) is 0 Å². The highest BCUT2D eigenvalue weighted by molar-refractivity contribution is 5.91. The van der Waals surface area contributed by atoms with Crippen LogP contribution in [0.2, 0.25) is 0 Å². The molecule has 2 aromatic carbocycles. The Hall–Kier alpha value is -2.34. The number of halogens is 3. The molecule has 0 spiro atoms. The fourth-order valence-electron chi connectivity index (χ4n) is 1.87. The van der Waals surface area contributed by atoms with E-state index in [1.54, 1.807) is 30.3 Å². The smallest absolute Gasteiger partial charge is 0.226 e. The van der Waals surface area contributed by atoms with Gasteiger partial charge in [-0.3, -0.25) is 4.79 Å². The molecule has 0 aliphatic heterocycles. The quantitative estimate of drug-likeness (QED) is 0.910. The number of nitrogens with one attached hydrogen (secondary N) is 1. The molecule has 0 fully saturated rings. The highest BCUT2D eigenvalue weighted by Crippen LogP contribution is 2.21. The van der Waals surface area contributed by atoms with Crippen LogP contribution in [-0.4, -0.2) is 5.91 Å². The second-order valence-corrected chi connectivity index (χ2v) is 4.51. The Morgan fingerprint density at radius 3 is 2.24 bits per heavy atom. The van der Waals surface area contributed by atoms with Gasteiger partial charge in [-0.25, -0.2) is 13.2 Å². The van der Waals surface area contributed by atoms with Crippen molar-refractivity contribution in [2.24, 2.45) is 5.73 Å². The average molecular weight is 294 g/mol. The van der Waals surface area contributed by atoms with Gasteiger partial charge in [-0.05, 0) is 5.56 Å². The first-order valence-corrected chi connectivity index (χ1v) is 6.22. The molecule has 21 heavy (non-hydrogen) atoms. The Bertz CT molecular complexity index is 624. The summed E-state index contributed by atoms with van der Waals surface area (Å²) in [5.41, 5.74) is 5.89. The van der Waals surface area contributed by atoms with Gasteiger partial charge in [0.15, 0.2) is 11.6 Å². The average Bonchev–Trinajstić information content (AvgIpc) is 2.43. The molecule has 0 aliphatic rings. The first-order valence-electron chi connectivity index (χ1n) is 6.22. The fourth-order valence-corrected chi connectivity index (χ4v) is 1.87. The molecule has 0 radical (unpaired) electrons. The van der Waals surface area contributed by atoms with Crippen molar-refractivity contribution in [2.75, 3.05) is 5.32 Å². The maximum absolute atomic E-state index is 13.4. The third-order valence-corrected chi connectivity index (χ3v) is 2.90. The van der Waals surface area contributed by atoms with Crippen molar-refractivity contribution in [1.29, 1.82) is 0 Å². The van der Waals surface area contributed by atoms with Gasteiger partial charge < -0.3 is 11.1 Å². The summed E-state index contributed by atoms with van der Waals surface area (Å²) in [7, 11) is 0. The van der Waals surface area contributed by atoms with Crippen LogP contribution in [0.4, 0.5) is 18.9 Å². The molecule has 1 unspecified atom stereocenters. The van der Waals surface area contributed by atoms with E-state index in [1.807, 2.05) is 0 Å². The van der Waals surface area contributed by atoms with Gasteiger partial charge in [0.25, 0.3) is 0 Å². The summed E-state index contributed by atoms with van der Waals surface area (Å²) in [6.45, 7) is 0. The summed E-state index contributed by atoms with van der Waals surface area (Å²) in [4.78, 5) is 11.8. The highest BCUT2D eigenvalue weighted by Gasteiger charge is 2.17. The van der Waals surface area contributed by atoms with Crippen molar-refractivity contribution in [1.82, 2.24) is 0 Å². The number of benzene rings is 2.